The molecule has 0 fully saturated rings. The van der Waals surface area contributed by atoms with Crippen LogP contribution in [0.4, 0.5) is 0 Å². The first-order valence-corrected chi connectivity index (χ1v) is 10.4. The maximum Gasteiger partial charge on any atom is 0.333 e. The van der Waals surface area contributed by atoms with Crippen molar-refractivity contribution < 1.29 is 28.5 Å². The highest BCUT2D eigenvalue weighted by molar-refractivity contribution is 5.89. The molecule has 0 saturated carbocycles. The van der Waals surface area contributed by atoms with Gasteiger partial charge >= 0.3 is 11.9 Å². The maximum absolute atomic E-state index is 11.5. The molecule has 2 rings (SSSR count). The molecule has 0 heterocycles. The lowest BCUT2D eigenvalue weighted by molar-refractivity contribution is -0.137. The van der Waals surface area contributed by atoms with E-state index in [9.17, 15) is 9.59 Å². The van der Waals surface area contributed by atoms with Gasteiger partial charge in [-0.2, -0.15) is 0 Å². The molecule has 6 unspecified atom stereocenters. The fourth-order valence-electron chi connectivity index (χ4n) is 3.84. The number of carbonyl (C=O) groups excluding carboxylic acids is 2. The third-order valence-electron chi connectivity index (χ3n) is 5.66. The molecule has 2 aliphatic rings. The molecule has 0 bridgehead atoms. The van der Waals surface area contributed by atoms with Gasteiger partial charge < -0.3 is 29.6 Å². The molecule has 6 atom stereocenters. The second-order valence-corrected chi connectivity index (χ2v) is 7.36. The number of likely N-dealkylation sites (N-methyl/N-ethyl adjacent to an activating group) is 2. The van der Waals surface area contributed by atoms with Gasteiger partial charge in [0.25, 0.3) is 0 Å². The first-order chi connectivity index (χ1) is 16.3. The molecular formula is C20H32N8O6. The Labute approximate surface area is 197 Å². The molecule has 0 amide bonds. The number of methoxy groups -OCH3 is 4. The van der Waals surface area contributed by atoms with Crippen molar-refractivity contribution in [2.24, 2.45) is 10.2 Å². The summed E-state index contributed by atoms with van der Waals surface area (Å²) in [7, 11) is 9.18. The summed E-state index contributed by atoms with van der Waals surface area (Å²) in [5.41, 5.74) is 18.1. The summed E-state index contributed by atoms with van der Waals surface area (Å²) >= 11 is 0. The van der Waals surface area contributed by atoms with Crippen LogP contribution in [0.2, 0.25) is 0 Å². The van der Waals surface area contributed by atoms with Gasteiger partial charge in [0.2, 0.25) is 0 Å². The second kappa shape index (κ2) is 14.9. The predicted molar refractivity (Wildman–Crippen MR) is 123 cm³/mol. The summed E-state index contributed by atoms with van der Waals surface area (Å²) in [6.07, 6.45) is 3.36. The Bertz CT molecular complexity index is 795. The average molecular weight is 481 g/mol. The van der Waals surface area contributed by atoms with Gasteiger partial charge in [-0.05, 0) is 50.2 Å². The van der Waals surface area contributed by atoms with Crippen LogP contribution in [0, 0.1) is 0 Å². The predicted octanol–water partition coefficient (Wildman–Crippen LogP) is 1.54. The Morgan fingerprint density at radius 3 is 1.41 bits per heavy atom. The molecular weight excluding hydrogens is 448 g/mol. The fourth-order valence-corrected chi connectivity index (χ4v) is 3.84. The number of carbonyl (C=O) groups is 2. The fraction of sp³-hybridized carbons (Fsp3) is 0.700. The van der Waals surface area contributed by atoms with Crippen molar-refractivity contribution in [3.63, 3.8) is 0 Å². The zero-order valence-electron chi connectivity index (χ0n) is 20.2. The topological polar surface area (TPSA) is 193 Å². The van der Waals surface area contributed by atoms with Crippen molar-refractivity contribution in [3.8, 4) is 0 Å². The van der Waals surface area contributed by atoms with Crippen molar-refractivity contribution in [1.29, 1.82) is 0 Å². The van der Waals surface area contributed by atoms with Crippen LogP contribution in [0.25, 0.3) is 20.9 Å². The summed E-state index contributed by atoms with van der Waals surface area (Å²) in [6.45, 7) is 0. The molecule has 0 saturated heterocycles. The summed E-state index contributed by atoms with van der Waals surface area (Å²) in [5, 5.41) is 13.4. The minimum absolute atomic E-state index is 0.144. The van der Waals surface area contributed by atoms with Gasteiger partial charge in [-0.1, -0.05) is 10.2 Å². The summed E-state index contributed by atoms with van der Waals surface area (Å²) in [5.74, 6) is -0.765. The standard InChI is InChI=1S/2C10H16N4O3/c2*1-12-7-4-6(10(15)17-3)5-8(16-2)9(7)13-14-11/h2*5,7-9,12H,4H2,1-3H3. The molecule has 14 heteroatoms. The molecule has 0 aromatic carbocycles. The summed E-state index contributed by atoms with van der Waals surface area (Å²) < 4.78 is 19.8. The highest BCUT2D eigenvalue weighted by Crippen LogP contribution is 2.25. The zero-order valence-corrected chi connectivity index (χ0v) is 20.2. The smallest absolute Gasteiger partial charge is 0.333 e. The van der Waals surface area contributed by atoms with Gasteiger partial charge in [0.05, 0.1) is 38.5 Å². The third kappa shape index (κ3) is 7.45. The molecule has 2 N–H and O–H groups in total. The Kier molecular flexibility index (Phi) is 12.7. The Morgan fingerprint density at radius 1 is 0.824 bits per heavy atom. The van der Waals surface area contributed by atoms with E-state index in [1.807, 2.05) is 0 Å². The number of ether oxygens (including phenoxy) is 4. The van der Waals surface area contributed by atoms with Crippen molar-refractivity contribution in [2.75, 3.05) is 42.5 Å². The Morgan fingerprint density at radius 2 is 1.18 bits per heavy atom. The highest BCUT2D eigenvalue weighted by Gasteiger charge is 2.35. The van der Waals surface area contributed by atoms with Gasteiger partial charge in [0, 0.05) is 47.3 Å². The van der Waals surface area contributed by atoms with Crippen molar-refractivity contribution >= 4 is 11.9 Å². The molecule has 14 nitrogen and oxygen atoms in total. The minimum atomic E-state index is -0.425. The van der Waals surface area contributed by atoms with Crippen molar-refractivity contribution in [2.45, 2.75) is 49.2 Å². The van der Waals surface area contributed by atoms with E-state index in [0.717, 1.165) is 0 Å². The van der Waals surface area contributed by atoms with Crippen LogP contribution in [0.15, 0.2) is 33.5 Å². The van der Waals surface area contributed by atoms with E-state index < -0.39 is 12.2 Å². The van der Waals surface area contributed by atoms with Crippen LogP contribution in [0.1, 0.15) is 12.8 Å². The molecule has 2 aliphatic carbocycles. The van der Waals surface area contributed by atoms with E-state index in [-0.39, 0.29) is 36.1 Å². The van der Waals surface area contributed by atoms with E-state index >= 15 is 0 Å². The SMILES string of the molecule is CNC1CC(C(=O)OC)=CC(OC)C1N=[N+]=[N-].CNC1CC(C(=O)OC)=CC(OC)C1N=[N+]=[N-]. The van der Waals surface area contributed by atoms with Crippen LogP contribution in [-0.2, 0) is 28.5 Å². The molecule has 0 aromatic heterocycles. The summed E-state index contributed by atoms with van der Waals surface area (Å²) in [4.78, 5) is 28.6. The van der Waals surface area contributed by atoms with Crippen LogP contribution >= 0.6 is 0 Å². The van der Waals surface area contributed by atoms with Gasteiger partial charge in [-0.3, -0.25) is 0 Å². The largest absolute Gasteiger partial charge is 0.466 e. The van der Waals surface area contributed by atoms with E-state index in [1.165, 1.54) is 28.4 Å². The monoisotopic (exact) mass is 480 g/mol. The summed E-state index contributed by atoms with van der Waals surface area (Å²) in [6, 6.07) is -1.03. The van der Waals surface area contributed by atoms with Gasteiger partial charge in [0.1, 0.15) is 0 Å². The van der Waals surface area contributed by atoms with Crippen LogP contribution in [0.3, 0.4) is 0 Å². The lowest BCUT2D eigenvalue weighted by Crippen LogP contribution is -2.47. The molecule has 0 radical (unpaired) electrons. The molecule has 34 heavy (non-hydrogen) atoms. The number of hydrogen-bond acceptors (Lipinski definition) is 10. The highest BCUT2D eigenvalue weighted by atomic mass is 16.5. The number of rotatable bonds is 8. The van der Waals surface area contributed by atoms with E-state index in [4.69, 9.17) is 20.5 Å². The lowest BCUT2D eigenvalue weighted by atomic mass is 9.88. The van der Waals surface area contributed by atoms with E-state index in [0.29, 0.717) is 24.0 Å². The number of esters is 2. The minimum Gasteiger partial charge on any atom is -0.466 e. The maximum atomic E-state index is 11.5. The molecule has 0 aromatic rings. The van der Waals surface area contributed by atoms with Crippen LogP contribution in [0.5, 0.6) is 0 Å². The Balaban J connectivity index is 0.000000340. The van der Waals surface area contributed by atoms with E-state index in [2.05, 4.69) is 40.2 Å². The lowest BCUT2D eigenvalue weighted by Gasteiger charge is -2.32. The first kappa shape index (κ1) is 28.9. The number of hydrogen-bond donors (Lipinski definition) is 2. The molecule has 0 spiro atoms. The number of azide groups is 2. The van der Waals surface area contributed by atoms with Gasteiger partial charge in [0.15, 0.2) is 0 Å². The molecule has 188 valence electrons. The third-order valence-corrected chi connectivity index (χ3v) is 5.66. The van der Waals surface area contributed by atoms with Crippen LogP contribution in [-0.4, -0.2) is 90.8 Å². The normalized spacial score (nSPS) is 27.9. The first-order valence-electron chi connectivity index (χ1n) is 10.4. The zero-order chi connectivity index (χ0) is 25.7. The quantitative estimate of drug-likeness (QED) is 0.226. The Hall–Kier alpha value is -3.12. The van der Waals surface area contributed by atoms with Crippen LogP contribution < -0.4 is 10.6 Å². The van der Waals surface area contributed by atoms with Crippen molar-refractivity contribution in [1.82, 2.24) is 10.6 Å². The van der Waals surface area contributed by atoms with E-state index in [1.54, 1.807) is 26.2 Å². The second-order valence-electron chi connectivity index (χ2n) is 7.36. The number of nitrogens with one attached hydrogen (secondary N) is 2. The van der Waals surface area contributed by atoms with Crippen molar-refractivity contribution in [3.05, 3.63) is 44.2 Å². The number of nitrogens with zero attached hydrogens (tertiary/aromatic N) is 6. The molecule has 0 aliphatic heterocycles. The van der Waals surface area contributed by atoms with Gasteiger partial charge in [-0.15, -0.1) is 0 Å². The van der Waals surface area contributed by atoms with Gasteiger partial charge in [-0.25, -0.2) is 9.59 Å². The average Bonchev–Trinajstić information content (AvgIpc) is 2.88.